The molecule has 0 bridgehead atoms. The van der Waals surface area contributed by atoms with Gasteiger partial charge in [-0.3, -0.25) is 9.91 Å². The minimum Gasteiger partial charge on any atom is -0.292 e. The Morgan fingerprint density at radius 2 is 1.83 bits per heavy atom. The number of nitroso groups, excluding NO2 is 1. The normalized spacial score (nSPS) is 20.9. The molecular weight excluding hydrogens is 342 g/mol. The van der Waals surface area contributed by atoms with Crippen molar-refractivity contribution in [3.05, 3.63) is 63.5 Å². The van der Waals surface area contributed by atoms with Gasteiger partial charge in [0.25, 0.3) is 0 Å². The summed E-state index contributed by atoms with van der Waals surface area (Å²) in [5.41, 5.74) is 2.66. The lowest BCUT2D eigenvalue weighted by Gasteiger charge is -2.37. The van der Waals surface area contributed by atoms with Crippen LogP contribution < -0.4 is 0 Å². The van der Waals surface area contributed by atoms with Gasteiger partial charge in [-0.25, -0.2) is 0 Å². The molecule has 0 aliphatic carbocycles. The van der Waals surface area contributed by atoms with Gasteiger partial charge in [-0.05, 0) is 41.8 Å². The zero-order valence-corrected chi connectivity index (χ0v) is 14.8. The van der Waals surface area contributed by atoms with Gasteiger partial charge < -0.3 is 0 Å². The summed E-state index contributed by atoms with van der Waals surface area (Å²) in [5, 5.41) is 5.45. The minimum atomic E-state index is 0.281. The quantitative estimate of drug-likeness (QED) is 0.745. The van der Waals surface area contributed by atoms with Crippen molar-refractivity contribution < 1.29 is 0 Å². The Labute approximate surface area is 150 Å². The summed E-state index contributed by atoms with van der Waals surface area (Å²) >= 11 is 8.12. The molecule has 0 spiro atoms. The van der Waals surface area contributed by atoms with E-state index in [2.05, 4.69) is 46.6 Å². The van der Waals surface area contributed by atoms with Crippen LogP contribution in [0.3, 0.4) is 0 Å². The number of hydrogen-bond acceptors (Lipinski definition) is 4. The molecule has 0 radical (unpaired) electrons. The number of halogens is 1. The molecule has 2 aromatic carbocycles. The van der Waals surface area contributed by atoms with E-state index >= 15 is 0 Å². The monoisotopic (exact) mass is 359 g/mol. The molecule has 1 saturated heterocycles. The summed E-state index contributed by atoms with van der Waals surface area (Å²) in [6, 6.07) is 15.1. The number of rotatable bonds is 2. The third kappa shape index (κ3) is 3.04. The van der Waals surface area contributed by atoms with E-state index in [1.165, 1.54) is 20.9 Å². The van der Waals surface area contributed by atoms with E-state index in [0.717, 1.165) is 24.5 Å². The van der Waals surface area contributed by atoms with Crippen LogP contribution in [0.25, 0.3) is 0 Å². The van der Waals surface area contributed by atoms with Gasteiger partial charge in [-0.1, -0.05) is 41.6 Å². The average molecular weight is 360 g/mol. The largest absolute Gasteiger partial charge is 0.292 e. The predicted octanol–water partition coefficient (Wildman–Crippen LogP) is 4.39. The summed E-state index contributed by atoms with van der Waals surface area (Å²) < 4.78 is 0. The van der Waals surface area contributed by atoms with Gasteiger partial charge >= 0.3 is 0 Å². The molecule has 0 amide bonds. The molecule has 124 valence electrons. The van der Waals surface area contributed by atoms with Crippen LogP contribution in [0.2, 0.25) is 5.02 Å². The second kappa shape index (κ2) is 6.75. The molecule has 4 rings (SSSR count). The highest BCUT2D eigenvalue weighted by Crippen LogP contribution is 2.43. The topological polar surface area (TPSA) is 35.9 Å². The van der Waals surface area contributed by atoms with Crippen LogP contribution in [0.5, 0.6) is 0 Å². The Balaban J connectivity index is 1.72. The van der Waals surface area contributed by atoms with Gasteiger partial charge in [0.05, 0.1) is 18.4 Å². The zero-order valence-electron chi connectivity index (χ0n) is 13.2. The molecule has 4 nitrogen and oxygen atoms in total. The van der Waals surface area contributed by atoms with Crippen molar-refractivity contribution in [1.29, 1.82) is 0 Å². The third-order valence-electron chi connectivity index (χ3n) is 4.78. The summed E-state index contributed by atoms with van der Waals surface area (Å²) in [6.07, 6.45) is 0.963. The lowest BCUT2D eigenvalue weighted by Crippen LogP contribution is -2.46. The van der Waals surface area contributed by atoms with E-state index in [1.807, 2.05) is 17.8 Å². The fourth-order valence-electron chi connectivity index (χ4n) is 3.51. The van der Waals surface area contributed by atoms with E-state index in [4.69, 9.17) is 11.6 Å². The van der Waals surface area contributed by atoms with Gasteiger partial charge in [0.15, 0.2) is 0 Å². The van der Waals surface area contributed by atoms with Crippen molar-refractivity contribution in [3.63, 3.8) is 0 Å². The fraction of sp³-hybridized carbons (Fsp3) is 0.333. The van der Waals surface area contributed by atoms with Crippen LogP contribution >= 0.6 is 23.4 Å². The van der Waals surface area contributed by atoms with Crippen molar-refractivity contribution in [3.8, 4) is 0 Å². The van der Waals surface area contributed by atoms with Gasteiger partial charge in [-0.2, -0.15) is 0 Å². The standard InChI is InChI=1S/C18H18ClN3OS/c19-14-5-6-18-15(12-14)16(21-7-9-22(20-23)10-8-21)11-13-3-1-2-4-17(13)24-18/h1-6,12,16H,7-11H2/t16-/m1/s1. The summed E-state index contributed by atoms with van der Waals surface area (Å²) in [5.74, 6) is 0. The summed E-state index contributed by atoms with van der Waals surface area (Å²) in [4.78, 5) is 15.8. The first-order chi connectivity index (χ1) is 11.7. The molecule has 2 heterocycles. The Morgan fingerprint density at radius 1 is 1.04 bits per heavy atom. The molecule has 24 heavy (non-hydrogen) atoms. The second-order valence-electron chi connectivity index (χ2n) is 6.18. The van der Waals surface area contributed by atoms with Crippen molar-refractivity contribution in [2.45, 2.75) is 22.3 Å². The highest BCUT2D eigenvalue weighted by molar-refractivity contribution is 7.99. The van der Waals surface area contributed by atoms with E-state index in [9.17, 15) is 4.91 Å². The Morgan fingerprint density at radius 3 is 2.62 bits per heavy atom. The molecule has 2 aliphatic heterocycles. The van der Waals surface area contributed by atoms with E-state index in [1.54, 1.807) is 5.01 Å². The maximum absolute atomic E-state index is 10.7. The number of benzene rings is 2. The molecule has 0 saturated carbocycles. The molecule has 1 fully saturated rings. The first-order valence-corrected chi connectivity index (χ1v) is 9.31. The number of fused-ring (bicyclic) bond motifs is 2. The summed E-state index contributed by atoms with van der Waals surface area (Å²) in [7, 11) is 0. The number of hydrogen-bond donors (Lipinski definition) is 0. The third-order valence-corrected chi connectivity index (χ3v) is 6.23. The predicted molar refractivity (Wildman–Crippen MR) is 97.4 cm³/mol. The fourth-order valence-corrected chi connectivity index (χ4v) is 4.81. The molecular formula is C18H18ClN3OS. The van der Waals surface area contributed by atoms with Crippen molar-refractivity contribution in [2.75, 3.05) is 26.2 Å². The molecule has 0 aromatic heterocycles. The van der Waals surface area contributed by atoms with E-state index in [-0.39, 0.29) is 6.04 Å². The van der Waals surface area contributed by atoms with Crippen LogP contribution in [0.15, 0.2) is 57.5 Å². The number of piperazine rings is 1. The lowest BCUT2D eigenvalue weighted by molar-refractivity contribution is 0.0954. The first-order valence-electron chi connectivity index (χ1n) is 8.12. The van der Waals surface area contributed by atoms with Gasteiger partial charge in [0.2, 0.25) is 0 Å². The molecule has 2 aliphatic rings. The van der Waals surface area contributed by atoms with Crippen LogP contribution in [0.1, 0.15) is 17.2 Å². The smallest absolute Gasteiger partial charge is 0.0524 e. The second-order valence-corrected chi connectivity index (χ2v) is 7.70. The molecule has 1 atom stereocenters. The van der Waals surface area contributed by atoms with Crippen molar-refractivity contribution >= 4 is 23.4 Å². The van der Waals surface area contributed by atoms with Crippen LogP contribution in [-0.4, -0.2) is 36.1 Å². The molecule has 0 unspecified atom stereocenters. The Bertz CT molecular complexity index is 762. The maximum Gasteiger partial charge on any atom is 0.0524 e. The van der Waals surface area contributed by atoms with Gasteiger partial charge in [-0.15, -0.1) is 4.91 Å². The molecule has 0 N–H and O–H groups in total. The van der Waals surface area contributed by atoms with Crippen molar-refractivity contribution in [1.82, 2.24) is 9.91 Å². The van der Waals surface area contributed by atoms with E-state index in [0.29, 0.717) is 13.1 Å². The molecule has 6 heteroatoms. The lowest BCUT2D eigenvalue weighted by atomic mass is 9.97. The SMILES string of the molecule is O=NN1CCN([C@@H]2Cc3ccccc3Sc3ccc(Cl)cc32)CC1. The first kappa shape index (κ1) is 15.9. The van der Waals surface area contributed by atoms with Crippen LogP contribution in [0.4, 0.5) is 0 Å². The Hall–Kier alpha value is -1.56. The van der Waals surface area contributed by atoms with Crippen LogP contribution in [-0.2, 0) is 6.42 Å². The zero-order chi connectivity index (χ0) is 16.5. The highest BCUT2D eigenvalue weighted by atomic mass is 35.5. The highest BCUT2D eigenvalue weighted by Gasteiger charge is 2.30. The number of nitrogens with zero attached hydrogens (tertiary/aromatic N) is 3. The molecule has 2 aromatic rings. The van der Waals surface area contributed by atoms with Gasteiger partial charge in [0.1, 0.15) is 0 Å². The van der Waals surface area contributed by atoms with Gasteiger partial charge in [0, 0.05) is 33.9 Å². The average Bonchev–Trinajstić information content (AvgIpc) is 2.78. The van der Waals surface area contributed by atoms with Crippen LogP contribution in [0, 0.1) is 4.91 Å². The maximum atomic E-state index is 10.7. The summed E-state index contributed by atoms with van der Waals surface area (Å²) in [6.45, 7) is 3.06. The van der Waals surface area contributed by atoms with Crippen molar-refractivity contribution in [2.24, 2.45) is 5.29 Å². The van der Waals surface area contributed by atoms with E-state index < -0.39 is 0 Å². The minimum absolute atomic E-state index is 0.281. The Kier molecular flexibility index (Phi) is 4.48.